The van der Waals surface area contributed by atoms with Crippen LogP contribution in [0, 0.1) is 0 Å². The molecule has 0 radical (unpaired) electrons. The minimum Gasteiger partial charge on any atom is -0.298 e. The number of hydrogen-bond donors (Lipinski definition) is 0. The van der Waals surface area contributed by atoms with Crippen LogP contribution < -0.4 is 4.57 Å². The van der Waals surface area contributed by atoms with Crippen molar-refractivity contribution in [3.63, 3.8) is 0 Å². The number of aromatic nitrogens is 1. The Balaban J connectivity index is 0.00000176. The fraction of sp³-hybridized carbons (Fsp3) is 0.0526. The quantitative estimate of drug-likeness (QED) is 0.528. The highest BCUT2D eigenvalue weighted by Gasteiger charge is 2.07. The zero-order valence-electron chi connectivity index (χ0n) is 12.3. The standard InChI is InChI=1S/C19H16NO.ClH/c1-20-18(13-11-17-4-2-3-5-19(17)20)12-10-15-6-8-16(14-21)9-7-15;/h2-14H,1H3;1H/q+1;/b12-10+;. The van der Waals surface area contributed by atoms with Gasteiger partial charge in [-0.15, -0.1) is 12.4 Å². The minimum atomic E-state index is 0. The number of rotatable bonds is 3. The van der Waals surface area contributed by atoms with Gasteiger partial charge in [0.2, 0.25) is 11.2 Å². The molecular weight excluding hydrogens is 294 g/mol. The van der Waals surface area contributed by atoms with Gasteiger partial charge in [-0.3, -0.25) is 4.79 Å². The average Bonchev–Trinajstić information content (AvgIpc) is 2.55. The number of pyridine rings is 1. The Morgan fingerprint density at radius 3 is 2.23 bits per heavy atom. The number of nitrogens with zero attached hydrogens (tertiary/aromatic N) is 1. The number of hydrogen-bond acceptors (Lipinski definition) is 1. The predicted molar refractivity (Wildman–Crippen MR) is 93.1 cm³/mol. The van der Waals surface area contributed by atoms with Gasteiger partial charge in [0.25, 0.3) is 0 Å². The van der Waals surface area contributed by atoms with Crippen molar-refractivity contribution in [2.45, 2.75) is 0 Å². The zero-order valence-corrected chi connectivity index (χ0v) is 13.1. The summed E-state index contributed by atoms with van der Waals surface area (Å²) in [6.45, 7) is 0. The second kappa shape index (κ2) is 7.01. The van der Waals surface area contributed by atoms with Crippen LogP contribution in [0.25, 0.3) is 23.1 Å². The molecule has 0 aliphatic rings. The summed E-state index contributed by atoms with van der Waals surface area (Å²) >= 11 is 0. The summed E-state index contributed by atoms with van der Waals surface area (Å²) in [5, 5.41) is 1.23. The second-order valence-electron chi connectivity index (χ2n) is 4.99. The molecule has 0 aliphatic carbocycles. The highest BCUT2D eigenvalue weighted by molar-refractivity contribution is 5.85. The van der Waals surface area contributed by atoms with E-state index in [1.54, 1.807) is 0 Å². The molecule has 0 bridgehead atoms. The Bertz CT molecular complexity index is 822. The molecule has 0 unspecified atom stereocenters. The van der Waals surface area contributed by atoms with E-state index in [4.69, 9.17) is 0 Å². The number of aldehydes is 1. The summed E-state index contributed by atoms with van der Waals surface area (Å²) < 4.78 is 2.17. The first-order valence-electron chi connectivity index (χ1n) is 6.89. The number of aryl methyl sites for hydroxylation is 1. The van der Waals surface area contributed by atoms with Gasteiger partial charge in [0, 0.05) is 29.2 Å². The van der Waals surface area contributed by atoms with Gasteiger partial charge in [-0.1, -0.05) is 36.4 Å². The molecule has 2 nitrogen and oxygen atoms in total. The number of carbonyl (C=O) groups excluding carboxylic acids is 1. The molecule has 3 heteroatoms. The average molecular weight is 311 g/mol. The summed E-state index contributed by atoms with van der Waals surface area (Å²) in [4.78, 5) is 10.6. The monoisotopic (exact) mass is 310 g/mol. The van der Waals surface area contributed by atoms with Gasteiger partial charge >= 0.3 is 0 Å². The fourth-order valence-electron chi connectivity index (χ4n) is 2.39. The van der Waals surface area contributed by atoms with Crippen molar-refractivity contribution >= 4 is 41.7 Å². The normalized spacial score (nSPS) is 10.6. The van der Waals surface area contributed by atoms with Gasteiger partial charge in [0.15, 0.2) is 0 Å². The van der Waals surface area contributed by atoms with Crippen LogP contribution in [0.3, 0.4) is 0 Å². The predicted octanol–water partition coefficient (Wildman–Crippen LogP) is 4.07. The van der Waals surface area contributed by atoms with E-state index in [-0.39, 0.29) is 12.4 Å². The topological polar surface area (TPSA) is 20.9 Å². The molecule has 1 aromatic heterocycles. The maximum Gasteiger partial charge on any atom is 0.212 e. The van der Waals surface area contributed by atoms with E-state index in [1.165, 1.54) is 10.9 Å². The molecule has 110 valence electrons. The van der Waals surface area contributed by atoms with Crippen LogP contribution in [0.15, 0.2) is 60.7 Å². The van der Waals surface area contributed by atoms with Crippen molar-refractivity contribution in [1.29, 1.82) is 0 Å². The summed E-state index contributed by atoms with van der Waals surface area (Å²) in [7, 11) is 2.07. The third-order valence-electron chi connectivity index (χ3n) is 3.64. The first kappa shape index (κ1) is 15.9. The van der Waals surface area contributed by atoms with E-state index in [1.807, 2.05) is 36.4 Å². The Labute approximate surface area is 136 Å². The molecule has 22 heavy (non-hydrogen) atoms. The largest absolute Gasteiger partial charge is 0.298 e. The maximum absolute atomic E-state index is 10.6. The van der Waals surface area contributed by atoms with E-state index in [0.29, 0.717) is 5.56 Å². The van der Waals surface area contributed by atoms with Gasteiger partial charge in [-0.25, -0.2) is 0 Å². The molecule has 0 saturated heterocycles. The minimum absolute atomic E-state index is 0. The molecule has 0 atom stereocenters. The van der Waals surface area contributed by atoms with E-state index in [2.05, 4.69) is 48.0 Å². The van der Waals surface area contributed by atoms with Crippen LogP contribution in [0.5, 0.6) is 0 Å². The second-order valence-corrected chi connectivity index (χ2v) is 4.99. The molecule has 0 aliphatic heterocycles. The lowest BCUT2D eigenvalue weighted by atomic mass is 10.1. The molecule has 2 aromatic carbocycles. The van der Waals surface area contributed by atoms with Gasteiger partial charge < -0.3 is 0 Å². The Morgan fingerprint density at radius 2 is 1.50 bits per heavy atom. The molecule has 0 spiro atoms. The van der Waals surface area contributed by atoms with Crippen molar-refractivity contribution in [3.8, 4) is 0 Å². The molecule has 0 amide bonds. The first-order valence-corrected chi connectivity index (χ1v) is 6.89. The number of para-hydroxylation sites is 1. The van der Waals surface area contributed by atoms with Crippen molar-refractivity contribution in [2.75, 3.05) is 0 Å². The third-order valence-corrected chi connectivity index (χ3v) is 3.64. The number of fused-ring (bicyclic) bond motifs is 1. The molecule has 0 fully saturated rings. The number of carbonyl (C=O) groups is 1. The highest BCUT2D eigenvalue weighted by atomic mass is 35.5. The molecular formula is C19H17ClNO+. The van der Waals surface area contributed by atoms with Crippen molar-refractivity contribution in [1.82, 2.24) is 0 Å². The van der Waals surface area contributed by atoms with Crippen LogP contribution in [0.4, 0.5) is 0 Å². The van der Waals surface area contributed by atoms with Gasteiger partial charge in [0.05, 0.1) is 0 Å². The molecule has 3 rings (SSSR count). The number of halogens is 1. The molecule has 0 N–H and O–H groups in total. The summed E-state index contributed by atoms with van der Waals surface area (Å²) in [6.07, 6.45) is 5.00. The van der Waals surface area contributed by atoms with E-state index in [9.17, 15) is 4.79 Å². The first-order chi connectivity index (χ1) is 10.3. The molecule has 3 aromatic rings. The van der Waals surface area contributed by atoms with E-state index in [0.717, 1.165) is 17.5 Å². The van der Waals surface area contributed by atoms with Gasteiger partial charge in [0.1, 0.15) is 13.3 Å². The third kappa shape index (κ3) is 3.23. The Morgan fingerprint density at radius 1 is 0.818 bits per heavy atom. The number of benzene rings is 2. The smallest absolute Gasteiger partial charge is 0.212 e. The van der Waals surface area contributed by atoms with Crippen LogP contribution in [0.2, 0.25) is 0 Å². The van der Waals surface area contributed by atoms with Crippen LogP contribution in [-0.4, -0.2) is 6.29 Å². The van der Waals surface area contributed by atoms with Crippen LogP contribution >= 0.6 is 12.4 Å². The summed E-state index contributed by atoms with van der Waals surface area (Å²) in [5.74, 6) is 0. The fourth-order valence-corrected chi connectivity index (χ4v) is 2.39. The lowest BCUT2D eigenvalue weighted by molar-refractivity contribution is -0.646. The van der Waals surface area contributed by atoms with Crippen LogP contribution in [0.1, 0.15) is 21.6 Å². The lowest BCUT2D eigenvalue weighted by Crippen LogP contribution is -2.32. The van der Waals surface area contributed by atoms with Gasteiger partial charge in [-0.2, -0.15) is 4.57 Å². The Hall–Kier alpha value is -2.45. The summed E-state index contributed by atoms with van der Waals surface area (Å²) in [5.41, 5.74) is 4.11. The molecule has 1 heterocycles. The van der Waals surface area contributed by atoms with Gasteiger partial charge in [-0.05, 0) is 23.8 Å². The Kier molecular flexibility index (Phi) is 5.08. The van der Waals surface area contributed by atoms with E-state index >= 15 is 0 Å². The summed E-state index contributed by atoms with van der Waals surface area (Å²) in [6, 6.07) is 20.1. The highest BCUT2D eigenvalue weighted by Crippen LogP contribution is 2.12. The SMILES string of the molecule is C[n+]1c(/C=C/c2ccc(C=O)cc2)ccc2ccccc21.Cl. The zero-order chi connectivity index (χ0) is 14.7. The van der Waals surface area contributed by atoms with Crippen molar-refractivity contribution in [3.05, 3.63) is 77.5 Å². The van der Waals surface area contributed by atoms with E-state index < -0.39 is 0 Å². The maximum atomic E-state index is 10.6. The molecule has 0 saturated carbocycles. The lowest BCUT2D eigenvalue weighted by Gasteiger charge is -2.00. The van der Waals surface area contributed by atoms with Crippen molar-refractivity contribution in [2.24, 2.45) is 7.05 Å². The van der Waals surface area contributed by atoms with Crippen molar-refractivity contribution < 1.29 is 9.36 Å². The van der Waals surface area contributed by atoms with Crippen LogP contribution in [-0.2, 0) is 7.05 Å².